The molecular weight excluding hydrogens is 388 g/mol. The maximum absolute atomic E-state index is 12.4. The van der Waals surface area contributed by atoms with Crippen molar-refractivity contribution in [2.24, 2.45) is 0 Å². The Morgan fingerprint density at radius 1 is 0.903 bits per heavy atom. The number of anilines is 1. The summed E-state index contributed by atoms with van der Waals surface area (Å²) in [5.41, 5.74) is 3.75. The van der Waals surface area contributed by atoms with Gasteiger partial charge in [-0.15, -0.1) is 0 Å². The second-order valence-electron chi connectivity index (χ2n) is 8.92. The lowest BCUT2D eigenvalue weighted by Gasteiger charge is -2.38. The average Bonchev–Trinajstić information content (AvgIpc) is 3.07. The first-order chi connectivity index (χ1) is 15.3. The molecule has 6 heteroatoms. The molecule has 5 rings (SSSR count). The van der Waals surface area contributed by atoms with Gasteiger partial charge in [-0.05, 0) is 36.1 Å². The quantitative estimate of drug-likeness (QED) is 0.806. The van der Waals surface area contributed by atoms with E-state index in [1.165, 1.54) is 24.1 Å². The van der Waals surface area contributed by atoms with Crippen molar-refractivity contribution in [1.29, 1.82) is 0 Å². The molecule has 0 radical (unpaired) electrons. The summed E-state index contributed by atoms with van der Waals surface area (Å²) in [7, 11) is 0. The van der Waals surface area contributed by atoms with E-state index >= 15 is 0 Å². The summed E-state index contributed by atoms with van der Waals surface area (Å²) in [4.78, 5) is 19.3. The van der Waals surface area contributed by atoms with Crippen LogP contribution in [-0.2, 0) is 17.9 Å². The van der Waals surface area contributed by atoms with Crippen molar-refractivity contribution in [3.05, 3.63) is 65.7 Å². The standard InChI is InChI=1S/C25H32N4O2/c30-25(31-19-20-5-2-1-3-6-20)28-13-11-27(12-14-28)18-21-7-4-8-22(15-21)29-23-9-10-24(29)17-26-16-23/h1-8,15,23-24,26H,9-14,16-19H2/t23-,24+. The Balaban J connectivity index is 1.12. The third kappa shape index (κ3) is 4.70. The molecule has 6 nitrogen and oxygen atoms in total. The number of nitrogens with zero attached hydrogens (tertiary/aromatic N) is 3. The van der Waals surface area contributed by atoms with E-state index in [1.807, 2.05) is 35.2 Å². The van der Waals surface area contributed by atoms with Crippen LogP contribution in [-0.4, -0.2) is 67.2 Å². The van der Waals surface area contributed by atoms with Gasteiger partial charge in [-0.3, -0.25) is 4.90 Å². The topological polar surface area (TPSA) is 48.1 Å². The Labute approximate surface area is 184 Å². The van der Waals surface area contributed by atoms with Gasteiger partial charge in [-0.1, -0.05) is 42.5 Å². The highest BCUT2D eigenvalue weighted by Gasteiger charge is 2.36. The zero-order chi connectivity index (χ0) is 21.0. The first kappa shape index (κ1) is 20.3. The molecule has 0 saturated carbocycles. The molecular formula is C25H32N4O2. The summed E-state index contributed by atoms with van der Waals surface area (Å²) in [6.45, 7) is 6.66. The predicted molar refractivity (Wildman–Crippen MR) is 122 cm³/mol. The number of nitrogens with one attached hydrogen (secondary N) is 1. The predicted octanol–water partition coefficient (Wildman–Crippen LogP) is 3.08. The molecule has 1 amide bonds. The van der Waals surface area contributed by atoms with Gasteiger partial charge in [0.15, 0.2) is 0 Å². The van der Waals surface area contributed by atoms with Crippen LogP contribution in [0.15, 0.2) is 54.6 Å². The lowest BCUT2D eigenvalue weighted by Crippen LogP contribution is -2.52. The molecule has 3 saturated heterocycles. The Morgan fingerprint density at radius 2 is 1.61 bits per heavy atom. The van der Waals surface area contributed by atoms with Crippen LogP contribution in [0.4, 0.5) is 10.5 Å². The van der Waals surface area contributed by atoms with Crippen molar-refractivity contribution < 1.29 is 9.53 Å². The van der Waals surface area contributed by atoms with E-state index in [2.05, 4.69) is 39.4 Å². The summed E-state index contributed by atoms with van der Waals surface area (Å²) in [5, 5.41) is 3.57. The maximum atomic E-state index is 12.4. The number of rotatable bonds is 5. The monoisotopic (exact) mass is 420 g/mol. The fourth-order valence-corrected chi connectivity index (χ4v) is 5.17. The first-order valence-corrected chi connectivity index (χ1v) is 11.5. The van der Waals surface area contributed by atoms with Crippen LogP contribution in [0.1, 0.15) is 24.0 Å². The molecule has 1 N–H and O–H groups in total. The molecule has 31 heavy (non-hydrogen) atoms. The van der Waals surface area contributed by atoms with E-state index in [9.17, 15) is 4.79 Å². The van der Waals surface area contributed by atoms with E-state index in [0.29, 0.717) is 18.7 Å². The van der Waals surface area contributed by atoms with Crippen molar-refractivity contribution in [2.45, 2.75) is 38.1 Å². The summed E-state index contributed by atoms with van der Waals surface area (Å²) in [5.74, 6) is 0. The van der Waals surface area contributed by atoms with Crippen molar-refractivity contribution in [2.75, 3.05) is 44.2 Å². The number of carbonyl (C=O) groups excluding carboxylic acids is 1. The number of piperazine rings is 2. The van der Waals surface area contributed by atoms with E-state index in [4.69, 9.17) is 4.74 Å². The molecule has 0 unspecified atom stereocenters. The molecule has 0 aromatic heterocycles. The summed E-state index contributed by atoms with van der Waals surface area (Å²) in [6.07, 6.45) is 2.38. The number of benzene rings is 2. The molecule has 164 valence electrons. The largest absolute Gasteiger partial charge is 0.445 e. The Kier molecular flexibility index (Phi) is 6.09. The van der Waals surface area contributed by atoms with Crippen LogP contribution in [0.5, 0.6) is 0 Å². The third-order valence-electron chi connectivity index (χ3n) is 6.83. The molecule has 3 fully saturated rings. The second-order valence-corrected chi connectivity index (χ2v) is 8.92. The lowest BCUT2D eigenvalue weighted by molar-refractivity contribution is 0.0700. The van der Waals surface area contributed by atoms with Crippen LogP contribution in [0.3, 0.4) is 0 Å². The van der Waals surface area contributed by atoms with Gasteiger partial charge in [0.1, 0.15) is 6.61 Å². The van der Waals surface area contributed by atoms with Gasteiger partial charge in [0.05, 0.1) is 0 Å². The maximum Gasteiger partial charge on any atom is 0.410 e. The number of carbonyl (C=O) groups is 1. The lowest BCUT2D eigenvalue weighted by atomic mass is 10.1. The van der Waals surface area contributed by atoms with Crippen LogP contribution in [0.2, 0.25) is 0 Å². The van der Waals surface area contributed by atoms with Crippen LogP contribution >= 0.6 is 0 Å². The van der Waals surface area contributed by atoms with Gasteiger partial charge < -0.3 is 19.9 Å². The first-order valence-electron chi connectivity index (χ1n) is 11.5. The van der Waals surface area contributed by atoms with Gasteiger partial charge in [0.25, 0.3) is 0 Å². The van der Waals surface area contributed by atoms with Crippen molar-refractivity contribution in [3.8, 4) is 0 Å². The summed E-state index contributed by atoms with van der Waals surface area (Å²) < 4.78 is 5.49. The molecule has 3 heterocycles. The third-order valence-corrected chi connectivity index (χ3v) is 6.83. The molecule has 2 aromatic rings. The Morgan fingerprint density at radius 3 is 2.35 bits per heavy atom. The molecule has 0 aliphatic carbocycles. The molecule has 3 aliphatic rings. The highest BCUT2D eigenvalue weighted by molar-refractivity contribution is 5.67. The fraction of sp³-hybridized carbons (Fsp3) is 0.480. The SMILES string of the molecule is O=C(OCc1ccccc1)N1CCN(Cc2cccc(N3[C@@H]4CC[C@H]3CNC4)c2)CC1. The van der Waals surface area contributed by atoms with Gasteiger partial charge >= 0.3 is 6.09 Å². The second kappa shape index (κ2) is 9.28. The van der Waals surface area contributed by atoms with E-state index < -0.39 is 0 Å². The van der Waals surface area contributed by atoms with Crippen molar-refractivity contribution in [3.63, 3.8) is 0 Å². The molecule has 0 spiro atoms. The molecule has 2 atom stereocenters. The Hall–Kier alpha value is -2.57. The number of ether oxygens (including phenoxy) is 1. The number of fused-ring (bicyclic) bond motifs is 2. The molecule has 3 aliphatic heterocycles. The summed E-state index contributed by atoms with van der Waals surface area (Å²) >= 11 is 0. The fourth-order valence-electron chi connectivity index (χ4n) is 5.17. The van der Waals surface area contributed by atoms with E-state index in [0.717, 1.165) is 51.4 Å². The van der Waals surface area contributed by atoms with Gasteiger partial charge in [-0.2, -0.15) is 0 Å². The number of amides is 1. The van der Waals surface area contributed by atoms with E-state index in [1.54, 1.807) is 0 Å². The van der Waals surface area contributed by atoms with Gasteiger partial charge in [0, 0.05) is 63.6 Å². The smallest absolute Gasteiger partial charge is 0.410 e. The molecule has 2 aromatic carbocycles. The van der Waals surface area contributed by atoms with Gasteiger partial charge in [0.2, 0.25) is 0 Å². The van der Waals surface area contributed by atoms with E-state index in [-0.39, 0.29) is 6.09 Å². The highest BCUT2D eigenvalue weighted by atomic mass is 16.6. The minimum atomic E-state index is -0.209. The minimum absolute atomic E-state index is 0.209. The zero-order valence-corrected chi connectivity index (χ0v) is 18.1. The normalized spacial score (nSPS) is 23.7. The number of hydrogen-bond acceptors (Lipinski definition) is 5. The average molecular weight is 421 g/mol. The Bertz CT molecular complexity index is 866. The van der Waals surface area contributed by atoms with Crippen LogP contribution < -0.4 is 10.2 Å². The highest BCUT2D eigenvalue weighted by Crippen LogP contribution is 2.32. The van der Waals surface area contributed by atoms with Crippen molar-refractivity contribution >= 4 is 11.8 Å². The zero-order valence-electron chi connectivity index (χ0n) is 18.1. The van der Waals surface area contributed by atoms with Crippen LogP contribution in [0.25, 0.3) is 0 Å². The number of hydrogen-bond donors (Lipinski definition) is 1. The van der Waals surface area contributed by atoms with Crippen molar-refractivity contribution in [1.82, 2.24) is 15.1 Å². The van der Waals surface area contributed by atoms with Gasteiger partial charge in [-0.25, -0.2) is 4.79 Å². The summed E-state index contributed by atoms with van der Waals surface area (Å²) in [6, 6.07) is 20.2. The molecule has 2 bridgehead atoms. The van der Waals surface area contributed by atoms with Crippen LogP contribution in [0, 0.1) is 0 Å². The minimum Gasteiger partial charge on any atom is -0.445 e.